The number of rotatable bonds is 32. The average molecular weight is 694 g/mol. The smallest absolute Gasteiger partial charge is 0.463 e. The van der Waals surface area contributed by atoms with Gasteiger partial charge in [0.15, 0.2) is 0 Å². The van der Waals surface area contributed by atoms with Crippen molar-refractivity contribution in [3.05, 3.63) is 72.9 Å². The van der Waals surface area contributed by atoms with Crippen LogP contribution in [0.3, 0.4) is 0 Å². The number of phosphoric acid groups is 1. The minimum absolute atomic E-state index is 0.0723. The fourth-order valence-electron chi connectivity index (χ4n) is 4.20. The van der Waals surface area contributed by atoms with Gasteiger partial charge >= 0.3 is 13.8 Å². The predicted octanol–water partition coefficient (Wildman–Crippen LogP) is 9.15. The van der Waals surface area contributed by atoms with Crippen LogP contribution >= 0.6 is 7.82 Å². The number of carbonyl (C=O) groups is 2. The van der Waals surface area contributed by atoms with E-state index in [1.807, 2.05) is 0 Å². The van der Waals surface area contributed by atoms with Crippen LogP contribution in [0.2, 0.25) is 0 Å². The molecule has 0 spiro atoms. The van der Waals surface area contributed by atoms with E-state index in [4.69, 9.17) is 13.8 Å². The number of amides is 1. The highest BCUT2D eigenvalue weighted by atomic mass is 31.2. The molecule has 0 fully saturated rings. The number of allylic oxidation sites excluding steroid dienone is 12. The molecule has 0 aromatic rings. The van der Waals surface area contributed by atoms with E-state index < -0.39 is 26.5 Å². The topological polar surface area (TPSA) is 131 Å². The highest BCUT2D eigenvalue weighted by Gasteiger charge is 2.23. The third-order valence-corrected chi connectivity index (χ3v) is 7.89. The van der Waals surface area contributed by atoms with E-state index in [1.54, 1.807) is 0 Å². The van der Waals surface area contributed by atoms with Crippen molar-refractivity contribution in [1.82, 2.24) is 5.32 Å². The van der Waals surface area contributed by atoms with Crippen LogP contribution in [0.5, 0.6) is 0 Å². The molecule has 0 bridgehead atoms. The van der Waals surface area contributed by atoms with Crippen LogP contribution in [0, 0.1) is 0 Å². The van der Waals surface area contributed by atoms with Gasteiger partial charge in [-0.1, -0.05) is 119 Å². The molecule has 0 aliphatic heterocycles. The molecule has 0 aromatic carbocycles. The maximum Gasteiger partial charge on any atom is 0.472 e. The fourth-order valence-corrected chi connectivity index (χ4v) is 4.96. The number of nitrogens with one attached hydrogen (secondary N) is 1. The zero-order chi connectivity index (χ0) is 35.4. The quantitative estimate of drug-likeness (QED) is 0.0275. The Hall–Kier alpha value is -2.55. The lowest BCUT2D eigenvalue weighted by molar-refractivity contribution is -0.147. The number of carbonyl (C=O) groups excluding carboxylic acids is 2. The molecule has 2 atom stereocenters. The molecule has 0 radical (unpaired) electrons. The monoisotopic (exact) mass is 693 g/mol. The van der Waals surface area contributed by atoms with Gasteiger partial charge in [0.25, 0.3) is 0 Å². The first-order chi connectivity index (χ1) is 23.3. The van der Waals surface area contributed by atoms with E-state index in [1.165, 1.54) is 19.3 Å². The van der Waals surface area contributed by atoms with Gasteiger partial charge in [-0.05, 0) is 64.2 Å². The van der Waals surface area contributed by atoms with Crippen LogP contribution in [0.15, 0.2) is 72.9 Å². The van der Waals surface area contributed by atoms with Gasteiger partial charge in [0.2, 0.25) is 5.91 Å². The largest absolute Gasteiger partial charge is 0.472 e. The lowest BCUT2D eigenvalue weighted by Crippen LogP contribution is -2.27. The van der Waals surface area contributed by atoms with E-state index in [0.717, 1.165) is 70.6 Å². The molecule has 0 aromatic heterocycles. The van der Waals surface area contributed by atoms with Crippen molar-refractivity contribution in [2.45, 2.75) is 129 Å². The molecule has 0 saturated carbocycles. The molecule has 3 N–H and O–H groups in total. The Morgan fingerprint density at radius 3 is 1.77 bits per heavy atom. The molecular formula is C38H64NO8P. The Labute approximate surface area is 290 Å². The Morgan fingerprint density at radius 2 is 1.19 bits per heavy atom. The summed E-state index contributed by atoms with van der Waals surface area (Å²) < 4.78 is 26.6. The number of hydrogen-bond donors (Lipinski definition) is 3. The third kappa shape index (κ3) is 34.8. The normalized spacial score (nSPS) is 14.3. The van der Waals surface area contributed by atoms with Gasteiger partial charge in [-0.3, -0.25) is 18.6 Å². The molecule has 1 amide bonds. The number of hydrogen-bond acceptors (Lipinski definition) is 7. The summed E-state index contributed by atoms with van der Waals surface area (Å²) in [6.45, 7) is 3.28. The standard InChI is InChI=1S/C38H64NO8P/c1-3-5-7-9-11-12-13-14-15-16-17-18-19-20-21-22-23-24-25-27-29-31-38(42)45-34-36(40)35-47-48(43,44)46-33-32-39-37(41)30-28-26-10-8-6-4-2/h5,7,11-12,14-15,17-18,20-21,23-24,36,40H,3-4,6,8-10,13,16,19,22,25-35H2,1-2H3,(H,39,41)(H,43,44)/b7-5-,12-11-,15-14-,18-17-,21-20-,24-23-. The first kappa shape index (κ1) is 45.5. The van der Waals surface area contributed by atoms with Crippen LogP contribution in [0.1, 0.15) is 123 Å². The SMILES string of the molecule is CC/C=C\C/C=C\C/C=C\C/C=C\C/C=C\C/C=C\CCCCC(=O)OCC(O)COP(=O)(O)OCCNC(=O)CCCCCCCC. The molecule has 48 heavy (non-hydrogen) atoms. The van der Waals surface area contributed by atoms with Gasteiger partial charge in [-0.25, -0.2) is 4.57 Å². The zero-order valence-electron chi connectivity index (χ0n) is 29.6. The first-order valence-corrected chi connectivity index (χ1v) is 19.4. The van der Waals surface area contributed by atoms with Gasteiger partial charge in [-0.2, -0.15) is 0 Å². The van der Waals surface area contributed by atoms with Crippen LogP contribution in [0.25, 0.3) is 0 Å². The number of aliphatic hydroxyl groups is 1. The van der Waals surface area contributed by atoms with Crippen molar-refractivity contribution < 1.29 is 37.9 Å². The molecule has 2 unspecified atom stereocenters. The second-order valence-corrected chi connectivity index (χ2v) is 12.9. The Kier molecular flexibility index (Phi) is 32.5. The zero-order valence-corrected chi connectivity index (χ0v) is 30.5. The molecule has 9 nitrogen and oxygen atoms in total. The van der Waals surface area contributed by atoms with E-state index >= 15 is 0 Å². The maximum absolute atomic E-state index is 12.0. The summed E-state index contributed by atoms with van der Waals surface area (Å²) in [5, 5.41) is 12.6. The van der Waals surface area contributed by atoms with Crippen molar-refractivity contribution in [3.63, 3.8) is 0 Å². The number of aliphatic hydroxyl groups excluding tert-OH is 1. The predicted molar refractivity (Wildman–Crippen MR) is 196 cm³/mol. The Morgan fingerprint density at radius 1 is 0.667 bits per heavy atom. The fraction of sp³-hybridized carbons (Fsp3) is 0.632. The van der Waals surface area contributed by atoms with Crippen LogP contribution in [-0.4, -0.2) is 54.3 Å². The van der Waals surface area contributed by atoms with Crippen molar-refractivity contribution >= 4 is 19.7 Å². The van der Waals surface area contributed by atoms with Gasteiger partial charge in [0, 0.05) is 19.4 Å². The van der Waals surface area contributed by atoms with Crippen LogP contribution < -0.4 is 5.32 Å². The third-order valence-electron chi connectivity index (χ3n) is 6.90. The molecular weight excluding hydrogens is 629 g/mol. The molecule has 10 heteroatoms. The Bertz CT molecular complexity index is 1020. The highest BCUT2D eigenvalue weighted by molar-refractivity contribution is 7.47. The average Bonchev–Trinajstić information content (AvgIpc) is 3.07. The lowest BCUT2D eigenvalue weighted by Gasteiger charge is -2.15. The van der Waals surface area contributed by atoms with Gasteiger partial charge < -0.3 is 20.1 Å². The van der Waals surface area contributed by atoms with Gasteiger partial charge in [0.1, 0.15) is 12.7 Å². The van der Waals surface area contributed by atoms with Crippen molar-refractivity contribution in [2.24, 2.45) is 0 Å². The molecule has 0 aliphatic carbocycles. The van der Waals surface area contributed by atoms with Gasteiger partial charge in [-0.15, -0.1) is 0 Å². The highest BCUT2D eigenvalue weighted by Crippen LogP contribution is 2.42. The van der Waals surface area contributed by atoms with Crippen LogP contribution in [0.4, 0.5) is 0 Å². The number of phosphoric ester groups is 1. The molecule has 274 valence electrons. The van der Waals surface area contributed by atoms with Gasteiger partial charge in [0.05, 0.1) is 13.2 Å². The molecule has 0 saturated heterocycles. The van der Waals surface area contributed by atoms with Crippen LogP contribution in [-0.2, 0) is 27.9 Å². The summed E-state index contributed by atoms with van der Waals surface area (Å²) in [5.41, 5.74) is 0. The lowest BCUT2D eigenvalue weighted by atomic mass is 10.1. The minimum Gasteiger partial charge on any atom is -0.463 e. The summed E-state index contributed by atoms with van der Waals surface area (Å²) in [4.78, 5) is 33.5. The summed E-state index contributed by atoms with van der Waals surface area (Å²) in [5.74, 6) is -0.578. The summed E-state index contributed by atoms with van der Waals surface area (Å²) >= 11 is 0. The molecule has 0 aliphatic rings. The van der Waals surface area contributed by atoms with Crippen molar-refractivity contribution in [3.8, 4) is 0 Å². The number of unbranched alkanes of at least 4 members (excludes halogenated alkanes) is 7. The second kappa shape index (κ2) is 34.3. The van der Waals surface area contributed by atoms with E-state index in [0.29, 0.717) is 12.8 Å². The van der Waals surface area contributed by atoms with Crippen molar-refractivity contribution in [1.29, 1.82) is 0 Å². The molecule has 0 heterocycles. The summed E-state index contributed by atoms with van der Waals surface area (Å²) in [6, 6.07) is 0. The minimum atomic E-state index is -4.41. The number of esters is 1. The maximum atomic E-state index is 12.0. The second-order valence-electron chi connectivity index (χ2n) is 11.5. The van der Waals surface area contributed by atoms with E-state index in [9.17, 15) is 24.2 Å². The molecule has 0 rings (SSSR count). The van der Waals surface area contributed by atoms with E-state index in [2.05, 4.69) is 92.1 Å². The van der Waals surface area contributed by atoms with Crippen molar-refractivity contribution in [2.75, 3.05) is 26.4 Å². The summed E-state index contributed by atoms with van der Waals surface area (Å²) in [7, 11) is -4.41. The number of ether oxygens (including phenoxy) is 1. The Balaban J connectivity index is 3.75. The first-order valence-electron chi connectivity index (χ1n) is 17.9. The summed E-state index contributed by atoms with van der Waals surface area (Å²) in [6.07, 6.45) is 40.0. The van der Waals surface area contributed by atoms with E-state index in [-0.39, 0.29) is 32.1 Å².